The molecule has 6 N–H and O–H groups in total. The Kier molecular flexibility index (Phi) is 5.90. The molecule has 0 aromatic rings. The maximum atomic E-state index is 10.9. The van der Waals surface area contributed by atoms with Crippen molar-refractivity contribution in [3.63, 3.8) is 0 Å². The second-order valence-corrected chi connectivity index (χ2v) is 6.20. The van der Waals surface area contributed by atoms with Crippen LogP contribution >= 0.6 is 15.6 Å². The molecule has 0 rings (SSSR count). The molecule has 0 amide bonds. The zero-order valence-electron chi connectivity index (χ0n) is 8.70. The lowest BCUT2D eigenvalue weighted by Crippen LogP contribution is -2.45. The summed E-state index contributed by atoms with van der Waals surface area (Å²) in [5, 5.41) is 27.1. The summed E-state index contributed by atoms with van der Waals surface area (Å²) in [5.41, 5.74) is -2.00. The van der Waals surface area contributed by atoms with E-state index >= 15 is 0 Å². The Balaban J connectivity index is 4.38. The van der Waals surface area contributed by atoms with Crippen LogP contribution in [0.4, 0.5) is 0 Å². The van der Waals surface area contributed by atoms with Crippen LogP contribution in [-0.2, 0) is 18.0 Å². The fraction of sp³-hybridized carbons (Fsp3) is 1.00. The summed E-state index contributed by atoms with van der Waals surface area (Å²) in [5.74, 6) is 0. The molecular formula is C5H14O10P2. The molecule has 3 atom stereocenters. The van der Waals surface area contributed by atoms with E-state index in [2.05, 4.69) is 8.83 Å². The highest BCUT2D eigenvalue weighted by Crippen LogP contribution is 2.57. The molecule has 17 heavy (non-hydrogen) atoms. The van der Waals surface area contributed by atoms with E-state index < -0.39 is 40.6 Å². The smallest absolute Gasteiger partial charge is 0.393 e. The van der Waals surface area contributed by atoms with Gasteiger partial charge in [0.25, 0.3) is 0 Å². The maximum Gasteiger partial charge on any atom is 0.481 e. The molecule has 0 fully saturated rings. The van der Waals surface area contributed by atoms with Crippen LogP contribution < -0.4 is 0 Å². The number of phosphoric acid groups is 2. The van der Waals surface area contributed by atoms with Crippen LogP contribution in [0.15, 0.2) is 0 Å². The lowest BCUT2D eigenvalue weighted by atomic mass is 10.0. The quantitative estimate of drug-likeness (QED) is 0.297. The third-order valence-electron chi connectivity index (χ3n) is 1.64. The van der Waals surface area contributed by atoms with Crippen LogP contribution in [-0.4, -0.2) is 54.9 Å². The third-order valence-corrected chi connectivity index (χ3v) is 3.79. The Bertz CT molecular complexity index is 334. The van der Waals surface area contributed by atoms with Gasteiger partial charge in [0, 0.05) is 0 Å². The van der Waals surface area contributed by atoms with E-state index in [0.29, 0.717) is 0 Å². The molecule has 0 aromatic heterocycles. The second-order valence-electron chi connectivity index (χ2n) is 3.37. The first kappa shape index (κ1) is 17.1. The molecule has 10 nitrogen and oxygen atoms in total. The van der Waals surface area contributed by atoms with Crippen molar-refractivity contribution >= 4 is 15.6 Å². The zero-order chi connectivity index (χ0) is 13.9. The molecule has 0 aliphatic carbocycles. The standard InChI is InChI=1S/C5H14O10P2/c1-5(8,3-6)4(7)2-14-17(12,13)15-16(9,10)11/h4,6-8H,2-3H2,1H3,(H,12,13)(H2,9,10,11). The average molecular weight is 296 g/mol. The van der Waals surface area contributed by atoms with Crippen molar-refractivity contribution in [1.82, 2.24) is 0 Å². The van der Waals surface area contributed by atoms with Crippen LogP contribution in [0.5, 0.6) is 0 Å². The normalized spacial score (nSPS) is 21.6. The molecule has 3 unspecified atom stereocenters. The molecule has 0 spiro atoms. The summed E-state index contributed by atoms with van der Waals surface area (Å²) in [6, 6.07) is 0. The molecule has 0 heterocycles. The minimum absolute atomic E-state index is 0.855. The third kappa shape index (κ3) is 7.22. The van der Waals surface area contributed by atoms with Crippen LogP contribution in [0, 0.1) is 0 Å². The fourth-order valence-corrected chi connectivity index (χ4v) is 2.20. The van der Waals surface area contributed by atoms with Crippen molar-refractivity contribution in [1.29, 1.82) is 0 Å². The summed E-state index contributed by atoms with van der Waals surface area (Å²) in [4.78, 5) is 25.3. The predicted molar refractivity (Wildman–Crippen MR) is 52.6 cm³/mol. The molecule has 0 saturated heterocycles. The summed E-state index contributed by atoms with van der Waals surface area (Å²) >= 11 is 0. The van der Waals surface area contributed by atoms with E-state index in [1.54, 1.807) is 0 Å². The molecule has 12 heteroatoms. The zero-order valence-corrected chi connectivity index (χ0v) is 10.5. The van der Waals surface area contributed by atoms with Crippen molar-refractivity contribution in [2.45, 2.75) is 18.6 Å². The van der Waals surface area contributed by atoms with E-state index in [-0.39, 0.29) is 0 Å². The van der Waals surface area contributed by atoms with Gasteiger partial charge in [0.1, 0.15) is 11.7 Å². The summed E-state index contributed by atoms with van der Waals surface area (Å²) in [7, 11) is -10.3. The maximum absolute atomic E-state index is 10.9. The van der Waals surface area contributed by atoms with Gasteiger partial charge in [-0.05, 0) is 6.92 Å². The van der Waals surface area contributed by atoms with Gasteiger partial charge in [-0.1, -0.05) is 0 Å². The first-order valence-electron chi connectivity index (χ1n) is 4.15. The van der Waals surface area contributed by atoms with Crippen molar-refractivity contribution in [2.24, 2.45) is 0 Å². The number of hydrogen-bond acceptors (Lipinski definition) is 7. The Labute approximate surface area is 96.3 Å². The van der Waals surface area contributed by atoms with Gasteiger partial charge in [0.15, 0.2) is 0 Å². The van der Waals surface area contributed by atoms with E-state index in [1.165, 1.54) is 0 Å². The molecular weight excluding hydrogens is 282 g/mol. The van der Waals surface area contributed by atoms with Crippen LogP contribution in [0.1, 0.15) is 6.92 Å². The monoisotopic (exact) mass is 296 g/mol. The SMILES string of the molecule is CC(O)(CO)C(O)COP(=O)(O)OP(=O)(O)O. The van der Waals surface area contributed by atoms with Gasteiger partial charge < -0.3 is 30.0 Å². The minimum Gasteiger partial charge on any atom is -0.393 e. The summed E-state index contributed by atoms with van der Waals surface area (Å²) in [6.45, 7) is -0.804. The van der Waals surface area contributed by atoms with E-state index in [1.807, 2.05) is 0 Å². The number of aliphatic hydroxyl groups excluding tert-OH is 2. The van der Waals surface area contributed by atoms with Crippen LogP contribution in [0.2, 0.25) is 0 Å². The average Bonchev–Trinajstić information content (AvgIpc) is 2.10. The van der Waals surface area contributed by atoms with E-state index in [4.69, 9.17) is 19.8 Å². The lowest BCUT2D eigenvalue weighted by Gasteiger charge is -2.26. The number of phosphoric ester groups is 1. The Morgan fingerprint density at radius 1 is 1.29 bits per heavy atom. The minimum atomic E-state index is -5.23. The van der Waals surface area contributed by atoms with Crippen LogP contribution in [0.25, 0.3) is 0 Å². The van der Waals surface area contributed by atoms with Gasteiger partial charge in [-0.2, -0.15) is 4.31 Å². The van der Waals surface area contributed by atoms with E-state index in [9.17, 15) is 19.3 Å². The summed E-state index contributed by atoms with van der Waals surface area (Å²) in [6.07, 6.45) is -1.76. The number of aliphatic hydroxyl groups is 3. The molecule has 0 aromatic carbocycles. The van der Waals surface area contributed by atoms with E-state index in [0.717, 1.165) is 6.92 Å². The van der Waals surface area contributed by atoms with Crippen molar-refractivity contribution in [3.05, 3.63) is 0 Å². The predicted octanol–water partition coefficient (Wildman–Crippen LogP) is -1.68. The van der Waals surface area contributed by atoms with Gasteiger partial charge in [-0.3, -0.25) is 4.52 Å². The van der Waals surface area contributed by atoms with Gasteiger partial charge in [0.2, 0.25) is 0 Å². The number of rotatable bonds is 7. The second kappa shape index (κ2) is 5.85. The fourth-order valence-electron chi connectivity index (χ4n) is 0.608. The highest BCUT2D eigenvalue weighted by atomic mass is 31.3. The molecule has 104 valence electrons. The largest absolute Gasteiger partial charge is 0.481 e. The van der Waals surface area contributed by atoms with Crippen LogP contribution in [0.3, 0.4) is 0 Å². The number of hydrogen-bond donors (Lipinski definition) is 6. The Morgan fingerprint density at radius 3 is 2.12 bits per heavy atom. The van der Waals surface area contributed by atoms with Gasteiger partial charge in [-0.25, -0.2) is 9.13 Å². The highest BCUT2D eigenvalue weighted by Gasteiger charge is 2.36. The Morgan fingerprint density at radius 2 is 1.76 bits per heavy atom. The molecule has 0 saturated carbocycles. The molecule has 0 radical (unpaired) electrons. The topological polar surface area (TPSA) is 174 Å². The Hall–Kier alpha value is 0.140. The lowest BCUT2D eigenvalue weighted by molar-refractivity contribution is -0.107. The molecule has 0 bridgehead atoms. The molecule has 0 aliphatic heterocycles. The first-order chi connectivity index (χ1) is 7.40. The van der Waals surface area contributed by atoms with Crippen molar-refractivity contribution in [2.75, 3.05) is 13.2 Å². The van der Waals surface area contributed by atoms with Gasteiger partial charge in [-0.15, -0.1) is 0 Å². The van der Waals surface area contributed by atoms with Crippen molar-refractivity contribution < 1.29 is 48.0 Å². The van der Waals surface area contributed by atoms with Crippen molar-refractivity contribution in [3.8, 4) is 0 Å². The molecule has 0 aliphatic rings. The summed E-state index contributed by atoms with van der Waals surface area (Å²) < 4.78 is 28.6. The first-order valence-corrected chi connectivity index (χ1v) is 7.18. The van der Waals surface area contributed by atoms with Gasteiger partial charge >= 0.3 is 15.6 Å². The highest BCUT2D eigenvalue weighted by molar-refractivity contribution is 7.60. The van der Waals surface area contributed by atoms with Gasteiger partial charge in [0.05, 0.1) is 13.2 Å².